The molecular weight excluding hydrogens is 204 g/mol. The van der Waals surface area contributed by atoms with Gasteiger partial charge in [-0.15, -0.1) is 0 Å². The van der Waals surface area contributed by atoms with Gasteiger partial charge >= 0.3 is 5.97 Å². The number of aromatic nitrogens is 1. The number of aliphatic carboxylic acids is 1. The first-order valence-electron chi connectivity index (χ1n) is 5.55. The van der Waals surface area contributed by atoms with Gasteiger partial charge in [-0.2, -0.15) is 0 Å². The zero-order valence-corrected chi connectivity index (χ0v) is 9.73. The number of carbonyl (C=O) groups is 1. The Balaban J connectivity index is 2.64. The molecule has 0 aliphatic carbocycles. The summed E-state index contributed by atoms with van der Waals surface area (Å²) in [7, 11) is 0. The summed E-state index contributed by atoms with van der Waals surface area (Å²) < 4.78 is 0. The highest BCUT2D eigenvalue weighted by molar-refractivity contribution is 5.76. The molecule has 0 radical (unpaired) electrons. The summed E-state index contributed by atoms with van der Waals surface area (Å²) in [5, 5.41) is 12.0. The van der Waals surface area contributed by atoms with E-state index in [0.29, 0.717) is 12.2 Å². The van der Waals surface area contributed by atoms with Crippen LogP contribution in [-0.2, 0) is 4.79 Å². The monoisotopic (exact) mass is 222 g/mol. The third kappa shape index (κ3) is 3.88. The van der Waals surface area contributed by atoms with Gasteiger partial charge < -0.3 is 10.4 Å². The van der Waals surface area contributed by atoms with Crippen molar-refractivity contribution in [3.8, 4) is 0 Å². The molecule has 0 aliphatic rings. The Morgan fingerprint density at radius 3 is 2.94 bits per heavy atom. The van der Waals surface area contributed by atoms with Crippen LogP contribution in [0.3, 0.4) is 0 Å². The van der Waals surface area contributed by atoms with Gasteiger partial charge in [0, 0.05) is 6.20 Å². The van der Waals surface area contributed by atoms with Crippen molar-refractivity contribution in [1.82, 2.24) is 4.98 Å². The molecule has 4 nitrogen and oxygen atoms in total. The van der Waals surface area contributed by atoms with E-state index in [2.05, 4.69) is 10.3 Å². The van der Waals surface area contributed by atoms with Crippen molar-refractivity contribution in [3.05, 3.63) is 23.9 Å². The fraction of sp³-hybridized carbons (Fsp3) is 0.500. The van der Waals surface area contributed by atoms with Gasteiger partial charge in [0.15, 0.2) is 0 Å². The smallest absolute Gasteiger partial charge is 0.326 e. The predicted octanol–water partition coefficient (Wildman–Crippen LogP) is 2.45. The molecule has 0 spiro atoms. The first-order chi connectivity index (χ1) is 7.63. The molecule has 0 amide bonds. The van der Waals surface area contributed by atoms with Crippen molar-refractivity contribution in [2.45, 2.75) is 39.2 Å². The van der Waals surface area contributed by atoms with Crippen molar-refractivity contribution >= 4 is 11.8 Å². The summed E-state index contributed by atoms with van der Waals surface area (Å²) in [6.45, 7) is 4.00. The van der Waals surface area contributed by atoms with Crippen LogP contribution in [0.2, 0.25) is 0 Å². The van der Waals surface area contributed by atoms with Gasteiger partial charge in [0.1, 0.15) is 11.9 Å². The lowest BCUT2D eigenvalue weighted by Gasteiger charge is -2.14. The molecule has 0 aliphatic heterocycles. The van der Waals surface area contributed by atoms with Crippen LogP contribution in [0.25, 0.3) is 0 Å². The molecule has 0 unspecified atom stereocenters. The van der Waals surface area contributed by atoms with E-state index in [4.69, 9.17) is 5.11 Å². The number of aryl methyl sites for hydroxylation is 1. The van der Waals surface area contributed by atoms with Gasteiger partial charge in [0.25, 0.3) is 0 Å². The lowest BCUT2D eigenvalue weighted by atomic mass is 10.1. The van der Waals surface area contributed by atoms with Crippen LogP contribution in [0.5, 0.6) is 0 Å². The molecule has 2 N–H and O–H groups in total. The minimum Gasteiger partial charge on any atom is -0.480 e. The van der Waals surface area contributed by atoms with Gasteiger partial charge in [-0.05, 0) is 31.0 Å². The van der Waals surface area contributed by atoms with Crippen LogP contribution < -0.4 is 5.32 Å². The number of hydrogen-bond donors (Lipinski definition) is 2. The second kappa shape index (κ2) is 6.10. The summed E-state index contributed by atoms with van der Waals surface area (Å²) in [6, 6.07) is 3.18. The fourth-order valence-corrected chi connectivity index (χ4v) is 1.46. The van der Waals surface area contributed by atoms with E-state index < -0.39 is 12.0 Å². The molecule has 1 aromatic rings. The Morgan fingerprint density at radius 1 is 1.62 bits per heavy atom. The number of carboxylic acid groups (broad SMARTS) is 1. The number of hydrogen-bond acceptors (Lipinski definition) is 3. The minimum atomic E-state index is -0.822. The Bertz CT molecular complexity index is 353. The maximum absolute atomic E-state index is 11.0. The van der Waals surface area contributed by atoms with E-state index in [1.165, 1.54) is 0 Å². The standard InChI is InChI=1S/C12H18N2O2/c1-3-4-5-10(12(15)16)14-11-8-9(2)6-7-13-11/h6-8,10H,3-5H2,1-2H3,(H,13,14)(H,15,16)/t10-/m0/s1. The number of carboxylic acids is 1. The highest BCUT2D eigenvalue weighted by Gasteiger charge is 2.16. The SMILES string of the molecule is CCCC[C@H](Nc1cc(C)ccn1)C(=O)O. The molecule has 0 saturated heterocycles. The van der Waals surface area contributed by atoms with Gasteiger partial charge in [0.2, 0.25) is 0 Å². The number of pyridine rings is 1. The third-order valence-corrected chi connectivity index (χ3v) is 2.38. The normalized spacial score (nSPS) is 12.1. The van der Waals surface area contributed by atoms with Crippen LogP contribution >= 0.6 is 0 Å². The van der Waals surface area contributed by atoms with Gasteiger partial charge in [-0.3, -0.25) is 0 Å². The van der Waals surface area contributed by atoms with Crippen LogP contribution in [-0.4, -0.2) is 22.1 Å². The summed E-state index contributed by atoms with van der Waals surface area (Å²) in [5.41, 5.74) is 1.07. The highest BCUT2D eigenvalue weighted by atomic mass is 16.4. The predicted molar refractivity (Wildman–Crippen MR) is 63.5 cm³/mol. The number of unbranched alkanes of at least 4 members (excludes halogenated alkanes) is 1. The Hall–Kier alpha value is -1.58. The average molecular weight is 222 g/mol. The van der Waals surface area contributed by atoms with Gasteiger partial charge in [-0.1, -0.05) is 19.8 Å². The first-order valence-corrected chi connectivity index (χ1v) is 5.55. The van der Waals surface area contributed by atoms with E-state index in [-0.39, 0.29) is 0 Å². The highest BCUT2D eigenvalue weighted by Crippen LogP contribution is 2.10. The fourth-order valence-electron chi connectivity index (χ4n) is 1.46. The second-order valence-electron chi connectivity index (χ2n) is 3.90. The Kier molecular flexibility index (Phi) is 4.76. The van der Waals surface area contributed by atoms with Crippen LogP contribution in [0.1, 0.15) is 31.7 Å². The lowest BCUT2D eigenvalue weighted by molar-refractivity contribution is -0.138. The van der Waals surface area contributed by atoms with Crippen LogP contribution in [0.4, 0.5) is 5.82 Å². The molecule has 1 atom stereocenters. The second-order valence-corrected chi connectivity index (χ2v) is 3.90. The average Bonchev–Trinajstić information content (AvgIpc) is 2.24. The zero-order chi connectivity index (χ0) is 12.0. The van der Waals surface area contributed by atoms with Crippen molar-refractivity contribution < 1.29 is 9.90 Å². The molecular formula is C12H18N2O2. The van der Waals surface area contributed by atoms with E-state index in [9.17, 15) is 4.79 Å². The third-order valence-electron chi connectivity index (χ3n) is 2.38. The molecule has 0 bridgehead atoms. The molecule has 16 heavy (non-hydrogen) atoms. The quantitative estimate of drug-likeness (QED) is 0.776. The van der Waals surface area contributed by atoms with Crippen molar-refractivity contribution in [2.75, 3.05) is 5.32 Å². The molecule has 0 fully saturated rings. The van der Waals surface area contributed by atoms with Crippen LogP contribution in [0, 0.1) is 6.92 Å². The van der Waals surface area contributed by atoms with Crippen molar-refractivity contribution in [3.63, 3.8) is 0 Å². The maximum atomic E-state index is 11.0. The Morgan fingerprint density at radius 2 is 2.38 bits per heavy atom. The molecule has 1 aromatic heterocycles. The van der Waals surface area contributed by atoms with Gasteiger partial charge in [-0.25, -0.2) is 9.78 Å². The molecule has 88 valence electrons. The van der Waals surface area contributed by atoms with Crippen molar-refractivity contribution in [1.29, 1.82) is 0 Å². The van der Waals surface area contributed by atoms with Gasteiger partial charge in [0.05, 0.1) is 0 Å². The molecule has 1 rings (SSSR count). The lowest BCUT2D eigenvalue weighted by Crippen LogP contribution is -2.29. The molecule has 4 heteroatoms. The number of rotatable bonds is 6. The Labute approximate surface area is 95.7 Å². The van der Waals surface area contributed by atoms with E-state index in [1.807, 2.05) is 26.0 Å². The van der Waals surface area contributed by atoms with Crippen LogP contribution in [0.15, 0.2) is 18.3 Å². The summed E-state index contributed by atoms with van der Waals surface area (Å²) in [6.07, 6.45) is 4.19. The largest absolute Gasteiger partial charge is 0.480 e. The number of nitrogens with zero attached hydrogens (tertiary/aromatic N) is 1. The van der Waals surface area contributed by atoms with E-state index in [1.54, 1.807) is 6.20 Å². The van der Waals surface area contributed by atoms with E-state index >= 15 is 0 Å². The molecule has 0 saturated carbocycles. The van der Waals surface area contributed by atoms with Crippen molar-refractivity contribution in [2.24, 2.45) is 0 Å². The summed E-state index contributed by atoms with van der Waals surface area (Å²) >= 11 is 0. The minimum absolute atomic E-state index is 0.547. The number of anilines is 1. The van der Waals surface area contributed by atoms with E-state index in [0.717, 1.165) is 18.4 Å². The maximum Gasteiger partial charge on any atom is 0.326 e. The topological polar surface area (TPSA) is 62.2 Å². The molecule has 0 aromatic carbocycles. The summed E-state index contributed by atoms with van der Waals surface area (Å²) in [4.78, 5) is 15.1. The first kappa shape index (κ1) is 12.5. The number of nitrogens with one attached hydrogen (secondary N) is 1. The summed E-state index contributed by atoms with van der Waals surface area (Å²) in [5.74, 6) is -0.194. The zero-order valence-electron chi connectivity index (χ0n) is 9.73. The molecule has 1 heterocycles.